The molecule has 0 aliphatic carbocycles. The van der Waals surface area contributed by atoms with Gasteiger partial charge >= 0.3 is 5.69 Å². The average molecular weight is 446 g/mol. The van der Waals surface area contributed by atoms with Crippen LogP contribution in [0.3, 0.4) is 0 Å². The summed E-state index contributed by atoms with van der Waals surface area (Å²) < 4.78 is 8.11. The molecule has 13 heteroatoms. The molecule has 0 radical (unpaired) electrons. The monoisotopic (exact) mass is 445 g/mol. The number of fused-ring (bicyclic) bond motifs is 1. The molecule has 0 saturated heterocycles. The lowest BCUT2D eigenvalue weighted by Gasteiger charge is -2.12. The number of nitriles is 1. The molecule has 150 valence electrons. The molecule has 4 aromatic rings. The SMILES string of the molecule is Cn1ccc2c(Oc3c(Cl)cc(-n4nc(C#N)c(=O)[nH]c4=O)cc3Cl)n[nH]c(=O)c21. The van der Waals surface area contributed by atoms with Crippen molar-refractivity contribution in [3.63, 3.8) is 0 Å². The molecule has 4 rings (SSSR count). The van der Waals surface area contributed by atoms with Crippen LogP contribution in [0.5, 0.6) is 11.6 Å². The molecule has 0 unspecified atom stereocenters. The van der Waals surface area contributed by atoms with Crippen molar-refractivity contribution in [2.24, 2.45) is 7.05 Å². The minimum Gasteiger partial charge on any atom is -0.434 e. The molecule has 0 saturated carbocycles. The lowest BCUT2D eigenvalue weighted by Crippen LogP contribution is -2.33. The summed E-state index contributed by atoms with van der Waals surface area (Å²) >= 11 is 12.6. The second kappa shape index (κ2) is 7.18. The Hall–Kier alpha value is -3.88. The number of ether oxygens (including phenoxy) is 1. The van der Waals surface area contributed by atoms with E-state index in [1.807, 2.05) is 4.98 Å². The first-order valence-corrected chi connectivity index (χ1v) is 8.90. The fraction of sp³-hybridized carbons (Fsp3) is 0.0588. The number of hydrogen-bond donors (Lipinski definition) is 2. The summed E-state index contributed by atoms with van der Waals surface area (Å²) in [4.78, 5) is 37.5. The van der Waals surface area contributed by atoms with Crippen LogP contribution in [-0.4, -0.2) is 29.5 Å². The standard InChI is InChI=1S/C17H9Cl2N7O4/c1-25-3-2-8-12(25)15(28)22-23-16(8)30-13-9(18)4-7(5-10(13)19)26-17(29)21-14(27)11(6-20)24-26/h2-5H,1H3,(H,22,28)(H,21,27,29). The van der Waals surface area contributed by atoms with Crippen LogP contribution in [0.2, 0.25) is 10.0 Å². The van der Waals surface area contributed by atoms with Crippen molar-refractivity contribution < 1.29 is 4.74 Å². The van der Waals surface area contributed by atoms with Crippen LogP contribution in [0.25, 0.3) is 16.6 Å². The van der Waals surface area contributed by atoms with Crippen molar-refractivity contribution >= 4 is 34.1 Å². The highest BCUT2D eigenvalue weighted by molar-refractivity contribution is 6.37. The highest BCUT2D eigenvalue weighted by Crippen LogP contribution is 2.38. The summed E-state index contributed by atoms with van der Waals surface area (Å²) in [5.74, 6) is 0.0811. The van der Waals surface area contributed by atoms with Crippen molar-refractivity contribution in [2.45, 2.75) is 0 Å². The van der Waals surface area contributed by atoms with Crippen LogP contribution in [0.1, 0.15) is 5.69 Å². The van der Waals surface area contributed by atoms with E-state index in [-0.39, 0.29) is 27.4 Å². The van der Waals surface area contributed by atoms with Gasteiger partial charge in [-0.05, 0) is 18.2 Å². The van der Waals surface area contributed by atoms with Crippen LogP contribution >= 0.6 is 23.2 Å². The summed E-state index contributed by atoms with van der Waals surface area (Å²) in [6, 6.07) is 5.85. The molecule has 0 aliphatic heterocycles. The predicted molar refractivity (Wildman–Crippen MR) is 107 cm³/mol. The number of aromatic nitrogens is 6. The lowest BCUT2D eigenvalue weighted by molar-refractivity contribution is 0.461. The van der Waals surface area contributed by atoms with Crippen molar-refractivity contribution in [1.29, 1.82) is 5.26 Å². The molecular formula is C17H9Cl2N7O4. The Morgan fingerprint density at radius 1 is 1.17 bits per heavy atom. The summed E-state index contributed by atoms with van der Waals surface area (Å²) in [5, 5.41) is 19.3. The van der Waals surface area contributed by atoms with E-state index in [1.165, 1.54) is 12.1 Å². The van der Waals surface area contributed by atoms with Gasteiger partial charge in [0.15, 0.2) is 5.75 Å². The molecule has 0 amide bonds. The average Bonchev–Trinajstić information content (AvgIpc) is 3.09. The highest BCUT2D eigenvalue weighted by atomic mass is 35.5. The van der Waals surface area contributed by atoms with Gasteiger partial charge in [0, 0.05) is 13.2 Å². The molecule has 0 atom stereocenters. The smallest absolute Gasteiger partial charge is 0.349 e. The van der Waals surface area contributed by atoms with Crippen LogP contribution < -0.4 is 21.5 Å². The van der Waals surface area contributed by atoms with Gasteiger partial charge in [-0.1, -0.05) is 23.2 Å². The Morgan fingerprint density at radius 2 is 1.87 bits per heavy atom. The molecular weight excluding hydrogens is 437 g/mol. The van der Waals surface area contributed by atoms with E-state index in [9.17, 15) is 14.4 Å². The third-order valence-corrected chi connectivity index (χ3v) is 4.70. The number of benzene rings is 1. The Bertz CT molecular complexity index is 1520. The van der Waals surface area contributed by atoms with Crippen molar-refractivity contribution in [3.05, 3.63) is 71.3 Å². The fourth-order valence-electron chi connectivity index (χ4n) is 2.79. The van der Waals surface area contributed by atoms with Crippen LogP contribution in [0.15, 0.2) is 38.8 Å². The molecule has 0 fully saturated rings. The van der Waals surface area contributed by atoms with Gasteiger partial charge in [-0.3, -0.25) is 14.6 Å². The van der Waals surface area contributed by atoms with E-state index < -0.39 is 22.5 Å². The van der Waals surface area contributed by atoms with Gasteiger partial charge in [-0.25, -0.2) is 9.89 Å². The second-order valence-electron chi connectivity index (χ2n) is 6.02. The number of aryl methyl sites for hydroxylation is 1. The molecule has 0 aliphatic rings. The zero-order valence-electron chi connectivity index (χ0n) is 14.9. The maximum absolute atomic E-state index is 12.1. The largest absolute Gasteiger partial charge is 0.434 e. The molecule has 0 bridgehead atoms. The van der Waals surface area contributed by atoms with Gasteiger partial charge in [-0.2, -0.15) is 9.94 Å². The zero-order chi connectivity index (χ0) is 21.6. The molecule has 30 heavy (non-hydrogen) atoms. The van der Waals surface area contributed by atoms with Gasteiger partial charge in [0.05, 0.1) is 21.1 Å². The number of nitrogens with one attached hydrogen (secondary N) is 2. The summed E-state index contributed by atoms with van der Waals surface area (Å²) in [6.45, 7) is 0. The predicted octanol–water partition coefficient (Wildman–Crippen LogP) is 1.47. The number of H-pyrrole nitrogens is 2. The Labute approximate surface area is 175 Å². The van der Waals surface area contributed by atoms with E-state index in [4.69, 9.17) is 33.2 Å². The van der Waals surface area contributed by atoms with Gasteiger partial charge < -0.3 is 9.30 Å². The third-order valence-electron chi connectivity index (χ3n) is 4.14. The first kappa shape index (κ1) is 19.4. The molecule has 3 aromatic heterocycles. The molecule has 2 N–H and O–H groups in total. The first-order valence-electron chi connectivity index (χ1n) is 8.15. The van der Waals surface area contributed by atoms with E-state index in [1.54, 1.807) is 29.9 Å². The molecule has 3 heterocycles. The van der Waals surface area contributed by atoms with Crippen molar-refractivity contribution in [2.75, 3.05) is 0 Å². The van der Waals surface area contributed by atoms with E-state index >= 15 is 0 Å². The lowest BCUT2D eigenvalue weighted by atomic mass is 10.3. The summed E-state index contributed by atoms with van der Waals surface area (Å²) in [5.41, 5.74) is -2.26. The van der Waals surface area contributed by atoms with E-state index in [0.29, 0.717) is 10.9 Å². The molecule has 1 aromatic carbocycles. The van der Waals surface area contributed by atoms with E-state index in [2.05, 4.69) is 15.3 Å². The maximum atomic E-state index is 12.1. The number of nitrogens with zero attached hydrogens (tertiary/aromatic N) is 5. The third kappa shape index (κ3) is 3.14. The summed E-state index contributed by atoms with van der Waals surface area (Å²) in [6.07, 6.45) is 1.67. The molecule has 0 spiro atoms. The number of aromatic amines is 2. The quantitative estimate of drug-likeness (QED) is 0.484. The first-order chi connectivity index (χ1) is 14.3. The van der Waals surface area contributed by atoms with Crippen LogP contribution in [0.4, 0.5) is 0 Å². The minimum absolute atomic E-state index is 0.00649. The van der Waals surface area contributed by atoms with Crippen molar-refractivity contribution in [3.8, 4) is 23.4 Å². The number of halogens is 2. The van der Waals surface area contributed by atoms with Crippen LogP contribution in [0, 0.1) is 11.3 Å². The minimum atomic E-state index is -0.910. The van der Waals surface area contributed by atoms with Crippen molar-refractivity contribution in [1.82, 2.24) is 29.5 Å². The Morgan fingerprint density at radius 3 is 2.53 bits per heavy atom. The normalized spacial score (nSPS) is 10.9. The topological polar surface area (TPSA) is 151 Å². The maximum Gasteiger partial charge on any atom is 0.349 e. The number of hydrogen-bond acceptors (Lipinski definition) is 7. The highest BCUT2D eigenvalue weighted by Gasteiger charge is 2.18. The second-order valence-corrected chi connectivity index (χ2v) is 6.83. The fourth-order valence-corrected chi connectivity index (χ4v) is 3.34. The zero-order valence-corrected chi connectivity index (χ0v) is 16.4. The Balaban J connectivity index is 1.82. The van der Waals surface area contributed by atoms with Gasteiger partial charge in [0.25, 0.3) is 11.1 Å². The van der Waals surface area contributed by atoms with Crippen LogP contribution in [-0.2, 0) is 7.05 Å². The molecule has 11 nitrogen and oxygen atoms in total. The number of rotatable bonds is 3. The Kier molecular flexibility index (Phi) is 4.65. The van der Waals surface area contributed by atoms with Gasteiger partial charge in [-0.15, -0.1) is 10.2 Å². The van der Waals surface area contributed by atoms with Gasteiger partial charge in [0.1, 0.15) is 11.6 Å². The summed E-state index contributed by atoms with van der Waals surface area (Å²) in [7, 11) is 1.69. The van der Waals surface area contributed by atoms with Gasteiger partial charge in [0.2, 0.25) is 11.6 Å². The van der Waals surface area contributed by atoms with E-state index in [0.717, 1.165) is 4.68 Å².